The molecule has 1 aromatic carbocycles. The van der Waals surface area contributed by atoms with E-state index in [2.05, 4.69) is 32.5 Å². The minimum absolute atomic E-state index is 0.0700. The lowest BCUT2D eigenvalue weighted by Crippen LogP contribution is -2.51. The highest BCUT2D eigenvalue weighted by molar-refractivity contribution is 7.18. The minimum Gasteiger partial charge on any atom is -0.378 e. The number of nitrogens with one attached hydrogen (secondary N) is 3. The van der Waals surface area contributed by atoms with Gasteiger partial charge in [-0.15, -0.1) is 0 Å². The van der Waals surface area contributed by atoms with Gasteiger partial charge in [0, 0.05) is 31.5 Å². The Morgan fingerprint density at radius 2 is 2.21 bits per heavy atom. The van der Waals surface area contributed by atoms with Crippen molar-refractivity contribution >= 4 is 34.5 Å². The zero-order valence-electron chi connectivity index (χ0n) is 18.9. The van der Waals surface area contributed by atoms with Gasteiger partial charge >= 0.3 is 0 Å². The molecule has 1 atom stereocenters. The second-order valence-corrected chi connectivity index (χ2v) is 8.80. The maximum absolute atomic E-state index is 13.2. The number of rotatable bonds is 9. The fourth-order valence-corrected chi connectivity index (χ4v) is 4.43. The topological polar surface area (TPSA) is 93.1 Å². The average Bonchev–Trinajstić information content (AvgIpc) is 3.47. The quantitative estimate of drug-likeness (QED) is 0.433. The molecule has 1 unspecified atom stereocenters. The third-order valence-corrected chi connectivity index (χ3v) is 6.25. The Morgan fingerprint density at radius 3 is 2.94 bits per heavy atom. The Labute approximate surface area is 201 Å². The van der Waals surface area contributed by atoms with Crippen molar-refractivity contribution in [2.45, 2.75) is 19.5 Å². The van der Waals surface area contributed by atoms with Crippen LogP contribution in [0.15, 0.2) is 49.1 Å². The Morgan fingerprint density at radius 1 is 1.38 bits per heavy atom. The van der Waals surface area contributed by atoms with Crippen LogP contribution in [-0.2, 0) is 16.1 Å². The maximum atomic E-state index is 13.2. The largest absolute Gasteiger partial charge is 0.378 e. The van der Waals surface area contributed by atoms with E-state index in [0.717, 1.165) is 32.7 Å². The molecule has 2 aromatic heterocycles. The van der Waals surface area contributed by atoms with E-state index in [1.165, 1.54) is 23.5 Å². The summed E-state index contributed by atoms with van der Waals surface area (Å²) in [6, 6.07) is 6.03. The molecule has 1 amide bonds. The number of ether oxygens (including phenoxy) is 1. The first-order chi connectivity index (χ1) is 16.5. The summed E-state index contributed by atoms with van der Waals surface area (Å²) in [7, 11) is 0. The standard InChI is InChI=1S/C24H27FN6O2S/c1-3-19-21(31(15-29-19)10-8-27-23(32)20-14-33-11-9-26-20)12-16(2)30-24-28-13-22(34-24)17-4-6-18(25)7-5-17/h3-7,12-13,15,20,26H,1,8-11,14H2,2H3,(H,27,32)(H,28,30)/b16-12+. The van der Waals surface area contributed by atoms with Crippen LogP contribution in [0.5, 0.6) is 0 Å². The molecule has 10 heteroatoms. The molecule has 1 saturated heterocycles. The van der Waals surface area contributed by atoms with Crippen molar-refractivity contribution in [3.63, 3.8) is 0 Å². The van der Waals surface area contributed by atoms with Crippen LogP contribution in [0, 0.1) is 5.82 Å². The normalized spacial score (nSPS) is 16.3. The van der Waals surface area contributed by atoms with Crippen LogP contribution in [0.2, 0.25) is 0 Å². The third kappa shape index (κ3) is 5.96. The monoisotopic (exact) mass is 482 g/mol. The second kappa shape index (κ2) is 11.2. The molecule has 1 fully saturated rings. The van der Waals surface area contributed by atoms with Crippen molar-refractivity contribution in [1.82, 2.24) is 25.2 Å². The summed E-state index contributed by atoms with van der Waals surface area (Å²) < 4.78 is 20.5. The molecule has 3 aromatic rings. The predicted octanol–water partition coefficient (Wildman–Crippen LogP) is 3.37. The molecule has 1 aliphatic heterocycles. The number of nitrogens with zero attached hydrogens (tertiary/aromatic N) is 3. The number of thiazole rings is 1. The molecule has 3 heterocycles. The molecular weight excluding hydrogens is 455 g/mol. The van der Waals surface area contributed by atoms with Crippen LogP contribution in [0.1, 0.15) is 18.3 Å². The lowest BCUT2D eigenvalue weighted by Gasteiger charge is -2.23. The smallest absolute Gasteiger partial charge is 0.239 e. The van der Waals surface area contributed by atoms with E-state index in [1.807, 2.05) is 17.6 Å². The number of carbonyl (C=O) groups is 1. The van der Waals surface area contributed by atoms with Gasteiger partial charge in [-0.3, -0.25) is 4.79 Å². The molecule has 0 bridgehead atoms. The molecular formula is C24H27FN6O2S. The molecule has 0 spiro atoms. The minimum atomic E-state index is -0.316. The fourth-order valence-electron chi connectivity index (χ4n) is 3.55. The number of benzene rings is 1. The van der Waals surface area contributed by atoms with E-state index in [9.17, 15) is 9.18 Å². The molecule has 0 saturated carbocycles. The number of halogens is 1. The lowest BCUT2D eigenvalue weighted by molar-refractivity contribution is -0.125. The number of anilines is 1. The molecule has 34 heavy (non-hydrogen) atoms. The number of amides is 1. The Balaban J connectivity index is 1.39. The van der Waals surface area contributed by atoms with E-state index in [1.54, 1.807) is 30.7 Å². The molecule has 178 valence electrons. The van der Waals surface area contributed by atoms with Gasteiger partial charge in [-0.2, -0.15) is 0 Å². The van der Waals surface area contributed by atoms with E-state index in [-0.39, 0.29) is 17.8 Å². The van der Waals surface area contributed by atoms with Crippen LogP contribution in [0.4, 0.5) is 9.52 Å². The predicted molar refractivity (Wildman–Crippen MR) is 133 cm³/mol. The van der Waals surface area contributed by atoms with Crippen molar-refractivity contribution in [1.29, 1.82) is 0 Å². The molecule has 8 nitrogen and oxygen atoms in total. The van der Waals surface area contributed by atoms with Crippen molar-refractivity contribution < 1.29 is 13.9 Å². The molecule has 1 aliphatic rings. The second-order valence-electron chi connectivity index (χ2n) is 7.77. The summed E-state index contributed by atoms with van der Waals surface area (Å²) in [5.74, 6) is -0.335. The van der Waals surface area contributed by atoms with Gasteiger partial charge in [0.15, 0.2) is 5.13 Å². The van der Waals surface area contributed by atoms with Gasteiger partial charge in [0.05, 0.1) is 35.8 Å². The Bertz CT molecular complexity index is 1160. The first-order valence-electron chi connectivity index (χ1n) is 11.0. The average molecular weight is 483 g/mol. The van der Waals surface area contributed by atoms with Gasteiger partial charge in [-0.05, 0) is 36.8 Å². The number of hydrogen-bond acceptors (Lipinski definition) is 7. The number of morpholine rings is 1. The summed E-state index contributed by atoms with van der Waals surface area (Å²) in [6.07, 6.45) is 7.18. The molecule has 3 N–H and O–H groups in total. The van der Waals surface area contributed by atoms with Gasteiger partial charge in [0.25, 0.3) is 0 Å². The lowest BCUT2D eigenvalue weighted by atomic mass is 10.2. The van der Waals surface area contributed by atoms with Crippen molar-refractivity contribution in [2.24, 2.45) is 0 Å². The van der Waals surface area contributed by atoms with Gasteiger partial charge in [0.1, 0.15) is 11.9 Å². The van der Waals surface area contributed by atoms with Crippen LogP contribution in [0.25, 0.3) is 22.6 Å². The highest BCUT2D eigenvalue weighted by atomic mass is 32.1. The van der Waals surface area contributed by atoms with E-state index < -0.39 is 0 Å². The number of carbonyl (C=O) groups excluding carboxylic acids is 1. The summed E-state index contributed by atoms with van der Waals surface area (Å²) in [4.78, 5) is 22.1. The summed E-state index contributed by atoms with van der Waals surface area (Å²) in [5, 5.41) is 10.1. The third-order valence-electron chi connectivity index (χ3n) is 5.28. The SMILES string of the molecule is C=Cc1ncn(CCNC(=O)C2COCCN2)c1/C=C(\C)Nc1ncc(-c2ccc(F)cc2)s1. The molecule has 4 rings (SSSR count). The van der Waals surface area contributed by atoms with Gasteiger partial charge < -0.3 is 25.3 Å². The van der Waals surface area contributed by atoms with Crippen LogP contribution in [0.3, 0.4) is 0 Å². The Kier molecular flexibility index (Phi) is 7.84. The van der Waals surface area contributed by atoms with Gasteiger partial charge in [0.2, 0.25) is 5.91 Å². The first kappa shape index (κ1) is 23.8. The van der Waals surface area contributed by atoms with E-state index >= 15 is 0 Å². The number of imidazole rings is 1. The van der Waals surface area contributed by atoms with Gasteiger partial charge in [-0.1, -0.05) is 30.0 Å². The van der Waals surface area contributed by atoms with Crippen molar-refractivity contribution in [2.75, 3.05) is 31.6 Å². The van der Waals surface area contributed by atoms with Crippen LogP contribution >= 0.6 is 11.3 Å². The van der Waals surface area contributed by atoms with Crippen LogP contribution in [-0.4, -0.2) is 52.8 Å². The highest BCUT2D eigenvalue weighted by Gasteiger charge is 2.20. The fraction of sp³-hybridized carbons (Fsp3) is 0.292. The summed E-state index contributed by atoms with van der Waals surface area (Å²) in [5.41, 5.74) is 3.42. The van der Waals surface area contributed by atoms with Crippen LogP contribution < -0.4 is 16.0 Å². The van der Waals surface area contributed by atoms with E-state index in [4.69, 9.17) is 4.74 Å². The zero-order chi connectivity index (χ0) is 23.9. The first-order valence-corrected chi connectivity index (χ1v) is 11.8. The van der Waals surface area contributed by atoms with Gasteiger partial charge in [-0.25, -0.2) is 14.4 Å². The molecule has 0 aliphatic carbocycles. The highest BCUT2D eigenvalue weighted by Crippen LogP contribution is 2.30. The zero-order valence-corrected chi connectivity index (χ0v) is 19.7. The van der Waals surface area contributed by atoms with Crippen molar-refractivity contribution in [3.05, 3.63) is 66.3 Å². The number of aromatic nitrogens is 3. The number of allylic oxidation sites excluding steroid dienone is 1. The van der Waals surface area contributed by atoms with E-state index in [0.29, 0.717) is 32.8 Å². The Hall–Kier alpha value is -3.34. The summed E-state index contributed by atoms with van der Waals surface area (Å²) in [6.45, 7) is 8.51. The maximum Gasteiger partial charge on any atom is 0.239 e. The molecule has 0 radical (unpaired) electrons. The number of hydrogen-bond donors (Lipinski definition) is 3. The van der Waals surface area contributed by atoms with Crippen molar-refractivity contribution in [3.8, 4) is 10.4 Å². The summed E-state index contributed by atoms with van der Waals surface area (Å²) >= 11 is 1.49.